The molecule has 1 aliphatic rings. The smallest absolute Gasteiger partial charge is 0.241 e. The lowest BCUT2D eigenvalue weighted by Crippen LogP contribution is -2.30. The number of nitriles is 1. The highest BCUT2D eigenvalue weighted by Crippen LogP contribution is 2.20. The molecule has 1 N–H and O–H groups in total. The van der Waals surface area contributed by atoms with E-state index in [0.717, 1.165) is 12.8 Å². The predicted octanol–water partition coefficient (Wildman–Crippen LogP) is 2.19. The summed E-state index contributed by atoms with van der Waals surface area (Å²) in [6.45, 7) is 0.581. The summed E-state index contributed by atoms with van der Waals surface area (Å²) in [6.07, 6.45) is 6.01. The Morgan fingerprint density at radius 1 is 1.24 bits per heavy atom. The molecule has 0 amide bonds. The molecule has 0 bridgehead atoms. The van der Waals surface area contributed by atoms with Crippen LogP contribution in [0.15, 0.2) is 29.2 Å². The zero-order valence-electron chi connectivity index (χ0n) is 11.9. The summed E-state index contributed by atoms with van der Waals surface area (Å²) < 4.78 is 32.5. The summed E-state index contributed by atoms with van der Waals surface area (Å²) in [5, 5.41) is 8.96. The van der Waals surface area contributed by atoms with Crippen molar-refractivity contribution in [3.05, 3.63) is 29.8 Å². The van der Waals surface area contributed by atoms with Crippen LogP contribution >= 0.6 is 0 Å². The van der Waals surface area contributed by atoms with E-state index in [0.29, 0.717) is 6.61 Å². The minimum Gasteiger partial charge on any atom is -0.377 e. The molecule has 1 aliphatic carbocycles. The van der Waals surface area contributed by atoms with Gasteiger partial charge in [0.2, 0.25) is 10.0 Å². The fourth-order valence-electron chi connectivity index (χ4n) is 2.50. The first-order valence-corrected chi connectivity index (χ1v) is 8.72. The maximum absolute atomic E-state index is 12.1. The monoisotopic (exact) mass is 308 g/mol. The summed E-state index contributed by atoms with van der Waals surface area (Å²) >= 11 is 0. The van der Waals surface area contributed by atoms with E-state index in [1.807, 2.05) is 6.07 Å². The van der Waals surface area contributed by atoms with Gasteiger partial charge in [-0.3, -0.25) is 0 Å². The predicted molar refractivity (Wildman–Crippen MR) is 79.2 cm³/mol. The van der Waals surface area contributed by atoms with Crippen LogP contribution in [-0.2, 0) is 14.8 Å². The molecule has 0 heterocycles. The summed E-state index contributed by atoms with van der Waals surface area (Å²) in [5.74, 6) is 0. The maximum atomic E-state index is 12.1. The van der Waals surface area contributed by atoms with Gasteiger partial charge in [-0.15, -0.1) is 0 Å². The van der Waals surface area contributed by atoms with Crippen molar-refractivity contribution in [2.75, 3.05) is 13.2 Å². The van der Waals surface area contributed by atoms with Crippen molar-refractivity contribution in [1.82, 2.24) is 4.72 Å². The Kier molecular flexibility index (Phi) is 5.74. The number of hydrogen-bond donors (Lipinski definition) is 1. The summed E-state index contributed by atoms with van der Waals surface area (Å²) in [5.41, 5.74) is 0.151. The van der Waals surface area contributed by atoms with Crippen molar-refractivity contribution in [3.8, 4) is 6.07 Å². The lowest BCUT2D eigenvalue weighted by molar-refractivity contribution is 0.0321. The Hall–Kier alpha value is -1.42. The van der Waals surface area contributed by atoms with Crippen LogP contribution in [-0.4, -0.2) is 27.7 Å². The van der Waals surface area contributed by atoms with Crippen molar-refractivity contribution < 1.29 is 13.2 Å². The van der Waals surface area contributed by atoms with E-state index in [2.05, 4.69) is 4.72 Å². The minimum absolute atomic E-state index is 0.0187. The topological polar surface area (TPSA) is 79.2 Å². The number of nitrogens with zero attached hydrogens (tertiary/aromatic N) is 1. The lowest BCUT2D eigenvalue weighted by atomic mass is 9.98. The van der Waals surface area contributed by atoms with Crippen LogP contribution in [0.4, 0.5) is 0 Å². The third kappa shape index (κ3) is 4.53. The number of nitrogens with one attached hydrogen (secondary N) is 1. The highest BCUT2D eigenvalue weighted by Gasteiger charge is 2.18. The molecule has 0 atom stereocenters. The van der Waals surface area contributed by atoms with Gasteiger partial charge in [0.25, 0.3) is 0 Å². The SMILES string of the molecule is N#Cc1ccccc1S(=O)(=O)NCCOC1CCCCC1. The Labute approximate surface area is 126 Å². The molecule has 21 heavy (non-hydrogen) atoms. The molecule has 1 aromatic carbocycles. The molecule has 5 nitrogen and oxygen atoms in total. The largest absolute Gasteiger partial charge is 0.377 e. The van der Waals surface area contributed by atoms with Gasteiger partial charge >= 0.3 is 0 Å². The fourth-order valence-corrected chi connectivity index (χ4v) is 3.67. The number of ether oxygens (including phenoxy) is 1. The second-order valence-electron chi connectivity index (χ2n) is 5.14. The van der Waals surface area contributed by atoms with Gasteiger partial charge in [-0.05, 0) is 25.0 Å². The first-order valence-electron chi connectivity index (χ1n) is 7.24. The molecule has 2 rings (SSSR count). The van der Waals surface area contributed by atoms with E-state index >= 15 is 0 Å². The molecule has 114 valence electrons. The number of benzene rings is 1. The molecule has 1 fully saturated rings. The van der Waals surface area contributed by atoms with Crippen molar-refractivity contribution in [1.29, 1.82) is 5.26 Å². The minimum atomic E-state index is -3.66. The zero-order chi connectivity index (χ0) is 15.1. The second kappa shape index (κ2) is 7.55. The Bertz CT molecular complexity index is 602. The molecule has 0 aromatic heterocycles. The molecule has 0 radical (unpaired) electrons. The van der Waals surface area contributed by atoms with Crippen molar-refractivity contribution in [3.63, 3.8) is 0 Å². The summed E-state index contributed by atoms with van der Waals surface area (Å²) in [7, 11) is -3.66. The Morgan fingerprint density at radius 2 is 1.95 bits per heavy atom. The Balaban J connectivity index is 1.85. The zero-order valence-corrected chi connectivity index (χ0v) is 12.7. The molecule has 1 saturated carbocycles. The molecule has 0 saturated heterocycles. The van der Waals surface area contributed by atoms with Gasteiger partial charge in [-0.25, -0.2) is 13.1 Å². The molecule has 0 spiro atoms. The van der Waals surface area contributed by atoms with E-state index < -0.39 is 10.0 Å². The van der Waals surface area contributed by atoms with Crippen LogP contribution in [0, 0.1) is 11.3 Å². The molecule has 1 aromatic rings. The summed E-state index contributed by atoms with van der Waals surface area (Å²) in [4.78, 5) is 0.0187. The first-order chi connectivity index (χ1) is 10.1. The third-order valence-electron chi connectivity index (χ3n) is 3.60. The standard InChI is InChI=1S/C15H20N2O3S/c16-12-13-6-4-5-9-15(13)21(18,19)17-10-11-20-14-7-2-1-3-8-14/h4-6,9,14,17H,1-3,7-8,10-11H2. The van der Waals surface area contributed by atoms with Crippen LogP contribution < -0.4 is 4.72 Å². The van der Waals surface area contributed by atoms with Gasteiger partial charge in [0.05, 0.1) is 23.2 Å². The quantitative estimate of drug-likeness (QED) is 0.817. The van der Waals surface area contributed by atoms with Crippen LogP contribution in [0.3, 0.4) is 0 Å². The second-order valence-corrected chi connectivity index (χ2v) is 6.87. The van der Waals surface area contributed by atoms with Crippen LogP contribution in [0.1, 0.15) is 37.7 Å². The summed E-state index contributed by atoms with van der Waals surface area (Å²) in [6, 6.07) is 8.07. The van der Waals surface area contributed by atoms with Gasteiger partial charge < -0.3 is 4.74 Å². The number of hydrogen-bond acceptors (Lipinski definition) is 4. The van der Waals surface area contributed by atoms with Gasteiger partial charge in [-0.1, -0.05) is 31.4 Å². The highest BCUT2D eigenvalue weighted by atomic mass is 32.2. The van der Waals surface area contributed by atoms with E-state index in [1.54, 1.807) is 12.1 Å². The average Bonchev–Trinajstić information content (AvgIpc) is 2.52. The molecule has 6 heteroatoms. The highest BCUT2D eigenvalue weighted by molar-refractivity contribution is 7.89. The van der Waals surface area contributed by atoms with Crippen molar-refractivity contribution in [2.45, 2.75) is 43.1 Å². The van der Waals surface area contributed by atoms with Crippen LogP contribution in [0.2, 0.25) is 0 Å². The van der Waals surface area contributed by atoms with E-state index in [-0.39, 0.29) is 23.1 Å². The van der Waals surface area contributed by atoms with Gasteiger partial charge in [-0.2, -0.15) is 5.26 Å². The molecular formula is C15H20N2O3S. The number of rotatable bonds is 6. The van der Waals surface area contributed by atoms with Crippen molar-refractivity contribution >= 4 is 10.0 Å². The Morgan fingerprint density at radius 3 is 2.67 bits per heavy atom. The third-order valence-corrected chi connectivity index (χ3v) is 5.12. The van der Waals surface area contributed by atoms with E-state index in [1.165, 1.54) is 31.4 Å². The van der Waals surface area contributed by atoms with Gasteiger partial charge in [0.15, 0.2) is 0 Å². The lowest BCUT2D eigenvalue weighted by Gasteiger charge is -2.22. The normalized spacial score (nSPS) is 16.5. The maximum Gasteiger partial charge on any atom is 0.241 e. The van der Waals surface area contributed by atoms with Gasteiger partial charge in [0, 0.05) is 6.54 Å². The average molecular weight is 308 g/mol. The number of sulfonamides is 1. The van der Waals surface area contributed by atoms with Crippen LogP contribution in [0.25, 0.3) is 0 Å². The molecule has 0 aliphatic heterocycles. The van der Waals surface area contributed by atoms with Crippen molar-refractivity contribution in [2.24, 2.45) is 0 Å². The molecular weight excluding hydrogens is 288 g/mol. The van der Waals surface area contributed by atoms with Crippen LogP contribution in [0.5, 0.6) is 0 Å². The van der Waals surface area contributed by atoms with E-state index in [4.69, 9.17) is 10.00 Å². The molecule has 0 unspecified atom stereocenters. The fraction of sp³-hybridized carbons (Fsp3) is 0.533. The van der Waals surface area contributed by atoms with Gasteiger partial charge in [0.1, 0.15) is 6.07 Å². The van der Waals surface area contributed by atoms with E-state index in [9.17, 15) is 8.42 Å². The first kappa shape index (κ1) is 16.0.